The Hall–Kier alpha value is -1.09. The quantitative estimate of drug-likeness (QED) is 0.805. The van der Waals surface area contributed by atoms with Crippen LogP contribution in [0.3, 0.4) is 0 Å². The molecular weight excluding hydrogens is 240 g/mol. The van der Waals surface area contributed by atoms with Crippen molar-refractivity contribution in [3.63, 3.8) is 0 Å². The van der Waals surface area contributed by atoms with Gasteiger partial charge in [0.1, 0.15) is 0 Å². The van der Waals surface area contributed by atoms with E-state index in [4.69, 9.17) is 12.2 Å². The van der Waals surface area contributed by atoms with Crippen LogP contribution in [0, 0.1) is 13.8 Å². The molecule has 3 heteroatoms. The van der Waals surface area contributed by atoms with Crippen molar-refractivity contribution in [3.8, 4) is 0 Å². The lowest BCUT2D eigenvalue weighted by molar-refractivity contribution is 0.423. The van der Waals surface area contributed by atoms with Crippen LogP contribution in [0.15, 0.2) is 18.2 Å². The van der Waals surface area contributed by atoms with Crippen molar-refractivity contribution in [3.05, 3.63) is 29.3 Å². The predicted molar refractivity (Wildman–Crippen MR) is 84.3 cm³/mol. The van der Waals surface area contributed by atoms with Crippen LogP contribution in [0.4, 0.5) is 5.69 Å². The Labute approximate surface area is 116 Å². The fourth-order valence-electron chi connectivity index (χ4n) is 2.10. The lowest BCUT2D eigenvalue weighted by Gasteiger charge is -2.25. The van der Waals surface area contributed by atoms with Gasteiger partial charge in [-0.15, -0.1) is 0 Å². The van der Waals surface area contributed by atoms with Gasteiger partial charge in [-0.1, -0.05) is 19.9 Å². The van der Waals surface area contributed by atoms with Crippen LogP contribution in [0.1, 0.15) is 37.8 Å². The Balaban J connectivity index is 2.72. The van der Waals surface area contributed by atoms with E-state index in [1.165, 1.54) is 11.1 Å². The standard InChI is InChI=1S/C15H24N2S/c1-5-7-17(8-6-2)15(18)16-14-10-12(3)9-13(4)11-14/h9-11H,5-8H2,1-4H3,(H,16,18). The minimum atomic E-state index is 0.837. The summed E-state index contributed by atoms with van der Waals surface area (Å²) in [5.41, 5.74) is 3.62. The van der Waals surface area contributed by atoms with Gasteiger partial charge >= 0.3 is 0 Å². The smallest absolute Gasteiger partial charge is 0.173 e. The number of aryl methyl sites for hydroxylation is 2. The van der Waals surface area contributed by atoms with E-state index in [-0.39, 0.29) is 0 Å². The summed E-state index contributed by atoms with van der Waals surface area (Å²) >= 11 is 5.49. The molecule has 100 valence electrons. The van der Waals surface area contributed by atoms with Crippen molar-refractivity contribution in [2.45, 2.75) is 40.5 Å². The third-order valence-electron chi connectivity index (χ3n) is 2.75. The number of hydrogen-bond acceptors (Lipinski definition) is 1. The lowest BCUT2D eigenvalue weighted by atomic mass is 10.1. The molecule has 0 aliphatic rings. The van der Waals surface area contributed by atoms with E-state index in [2.05, 4.69) is 56.1 Å². The summed E-state index contributed by atoms with van der Waals surface area (Å²) in [5.74, 6) is 0. The highest BCUT2D eigenvalue weighted by atomic mass is 32.1. The Morgan fingerprint density at radius 2 is 1.56 bits per heavy atom. The summed E-state index contributed by atoms with van der Waals surface area (Å²) in [5, 5.41) is 4.19. The Morgan fingerprint density at radius 3 is 2.00 bits per heavy atom. The first-order valence-corrected chi connectivity index (χ1v) is 7.11. The average molecular weight is 264 g/mol. The van der Waals surface area contributed by atoms with Gasteiger partial charge in [-0.25, -0.2) is 0 Å². The summed E-state index contributed by atoms with van der Waals surface area (Å²) in [6.07, 6.45) is 2.24. The van der Waals surface area contributed by atoms with Crippen molar-refractivity contribution in [2.24, 2.45) is 0 Å². The van der Waals surface area contributed by atoms with E-state index in [1.54, 1.807) is 0 Å². The maximum Gasteiger partial charge on any atom is 0.173 e. The largest absolute Gasteiger partial charge is 0.349 e. The van der Waals surface area contributed by atoms with Gasteiger partial charge in [-0.2, -0.15) is 0 Å². The molecule has 0 fully saturated rings. The third kappa shape index (κ3) is 4.65. The molecule has 0 unspecified atom stereocenters. The van der Waals surface area contributed by atoms with Crippen molar-refractivity contribution in [1.82, 2.24) is 4.90 Å². The normalized spacial score (nSPS) is 10.2. The highest BCUT2D eigenvalue weighted by molar-refractivity contribution is 7.80. The van der Waals surface area contributed by atoms with Crippen molar-refractivity contribution >= 4 is 23.0 Å². The van der Waals surface area contributed by atoms with Gasteiger partial charge in [0.15, 0.2) is 5.11 Å². The Bertz CT molecular complexity index is 375. The van der Waals surface area contributed by atoms with Crippen molar-refractivity contribution in [1.29, 1.82) is 0 Å². The third-order valence-corrected chi connectivity index (χ3v) is 3.11. The van der Waals surface area contributed by atoms with Gasteiger partial charge in [-0.3, -0.25) is 0 Å². The number of nitrogens with zero attached hydrogens (tertiary/aromatic N) is 1. The first kappa shape index (κ1) is 15.0. The number of hydrogen-bond donors (Lipinski definition) is 1. The molecule has 1 aromatic carbocycles. The highest BCUT2D eigenvalue weighted by Gasteiger charge is 2.08. The molecular formula is C15H24N2S. The maximum atomic E-state index is 5.49. The molecule has 0 aromatic heterocycles. The summed E-state index contributed by atoms with van der Waals surface area (Å²) in [4.78, 5) is 2.24. The summed E-state index contributed by atoms with van der Waals surface area (Å²) in [6, 6.07) is 6.44. The van der Waals surface area contributed by atoms with E-state index >= 15 is 0 Å². The molecule has 0 spiro atoms. The molecule has 0 aliphatic heterocycles. The van der Waals surface area contributed by atoms with Crippen LogP contribution in [0.25, 0.3) is 0 Å². The SMILES string of the molecule is CCCN(CCC)C(=S)Nc1cc(C)cc(C)c1. The van der Waals surface area contributed by atoms with E-state index in [0.29, 0.717) is 0 Å². The first-order valence-electron chi connectivity index (χ1n) is 6.71. The van der Waals surface area contributed by atoms with E-state index in [1.807, 2.05) is 0 Å². The molecule has 0 bridgehead atoms. The zero-order valence-electron chi connectivity index (χ0n) is 11.9. The van der Waals surface area contributed by atoms with E-state index in [0.717, 1.165) is 36.7 Å². The number of thiocarbonyl (C=S) groups is 1. The average Bonchev–Trinajstić information content (AvgIpc) is 2.27. The van der Waals surface area contributed by atoms with E-state index < -0.39 is 0 Å². The molecule has 0 saturated heterocycles. The van der Waals surface area contributed by atoms with Gasteiger partial charge in [0.2, 0.25) is 0 Å². The molecule has 0 atom stereocenters. The molecule has 0 heterocycles. The van der Waals surface area contributed by atoms with Gasteiger partial charge in [-0.05, 0) is 62.2 Å². The molecule has 2 nitrogen and oxygen atoms in total. The second kappa shape index (κ2) is 7.37. The number of rotatable bonds is 5. The van der Waals surface area contributed by atoms with Crippen molar-refractivity contribution in [2.75, 3.05) is 18.4 Å². The van der Waals surface area contributed by atoms with Crippen molar-refractivity contribution < 1.29 is 0 Å². The van der Waals surface area contributed by atoms with E-state index in [9.17, 15) is 0 Å². The topological polar surface area (TPSA) is 15.3 Å². The minimum absolute atomic E-state index is 0.837. The summed E-state index contributed by atoms with van der Waals surface area (Å²) in [6.45, 7) is 10.6. The highest BCUT2D eigenvalue weighted by Crippen LogP contribution is 2.14. The molecule has 0 radical (unpaired) electrons. The summed E-state index contributed by atoms with van der Waals surface area (Å²) < 4.78 is 0. The zero-order valence-corrected chi connectivity index (χ0v) is 12.7. The Morgan fingerprint density at radius 1 is 1.06 bits per heavy atom. The minimum Gasteiger partial charge on any atom is -0.349 e. The molecule has 1 aromatic rings. The number of anilines is 1. The molecule has 1 rings (SSSR count). The molecule has 1 N–H and O–H groups in total. The number of nitrogens with one attached hydrogen (secondary N) is 1. The van der Waals surface area contributed by atoms with Gasteiger partial charge in [0, 0.05) is 18.8 Å². The predicted octanol–water partition coefficient (Wildman–Crippen LogP) is 4.12. The Kier molecular flexibility index (Phi) is 6.13. The van der Waals surface area contributed by atoms with Crippen LogP contribution in [0.5, 0.6) is 0 Å². The molecule has 0 saturated carbocycles. The molecule has 0 aliphatic carbocycles. The zero-order chi connectivity index (χ0) is 13.5. The molecule has 0 amide bonds. The number of benzene rings is 1. The fraction of sp³-hybridized carbons (Fsp3) is 0.533. The van der Waals surface area contributed by atoms with Crippen LogP contribution in [-0.4, -0.2) is 23.1 Å². The fourth-order valence-corrected chi connectivity index (χ4v) is 2.40. The van der Waals surface area contributed by atoms with Gasteiger partial charge < -0.3 is 10.2 Å². The van der Waals surface area contributed by atoms with Crippen LogP contribution in [0.2, 0.25) is 0 Å². The molecule has 18 heavy (non-hydrogen) atoms. The first-order chi connectivity index (χ1) is 8.56. The van der Waals surface area contributed by atoms with Crippen LogP contribution >= 0.6 is 12.2 Å². The monoisotopic (exact) mass is 264 g/mol. The summed E-state index contributed by atoms with van der Waals surface area (Å²) in [7, 11) is 0. The second-order valence-corrected chi connectivity index (χ2v) is 5.18. The van der Waals surface area contributed by atoms with Crippen LogP contribution in [-0.2, 0) is 0 Å². The lowest BCUT2D eigenvalue weighted by Crippen LogP contribution is -2.35. The second-order valence-electron chi connectivity index (χ2n) is 4.79. The van der Waals surface area contributed by atoms with Crippen LogP contribution < -0.4 is 5.32 Å². The van der Waals surface area contributed by atoms with Gasteiger partial charge in [0.05, 0.1) is 0 Å². The van der Waals surface area contributed by atoms with Gasteiger partial charge in [0.25, 0.3) is 0 Å². The maximum absolute atomic E-state index is 5.49.